The average molecular weight is 360 g/mol. The minimum absolute atomic E-state index is 0.394. The maximum atomic E-state index is 6.02. The van der Waals surface area contributed by atoms with E-state index in [1.54, 1.807) is 24.4 Å². The SMILES string of the molecule is CN(Cc1ccccc1)c1cnnc(Nc2ccc(Cl)c(Cl)c2)n1. The molecule has 0 unspecified atom stereocenters. The van der Waals surface area contributed by atoms with Gasteiger partial charge in [-0.1, -0.05) is 53.5 Å². The molecule has 1 aromatic heterocycles. The summed E-state index contributed by atoms with van der Waals surface area (Å²) >= 11 is 11.9. The van der Waals surface area contributed by atoms with Gasteiger partial charge in [-0.3, -0.25) is 0 Å². The van der Waals surface area contributed by atoms with Crippen LogP contribution in [-0.4, -0.2) is 22.2 Å². The quantitative estimate of drug-likeness (QED) is 0.723. The van der Waals surface area contributed by atoms with Crippen LogP contribution < -0.4 is 10.2 Å². The lowest BCUT2D eigenvalue weighted by atomic mass is 10.2. The minimum atomic E-state index is 0.394. The van der Waals surface area contributed by atoms with Crippen LogP contribution in [0, 0.1) is 0 Å². The molecule has 0 aliphatic rings. The average Bonchev–Trinajstić information content (AvgIpc) is 2.59. The van der Waals surface area contributed by atoms with Gasteiger partial charge in [-0.15, -0.1) is 5.10 Å². The van der Waals surface area contributed by atoms with Crippen molar-refractivity contribution in [2.75, 3.05) is 17.3 Å². The molecule has 0 saturated heterocycles. The number of halogens is 2. The van der Waals surface area contributed by atoms with E-state index >= 15 is 0 Å². The zero-order chi connectivity index (χ0) is 16.9. The number of anilines is 3. The Bertz CT molecular complexity index is 826. The third kappa shape index (κ3) is 4.13. The van der Waals surface area contributed by atoms with Crippen molar-refractivity contribution in [2.24, 2.45) is 0 Å². The number of rotatable bonds is 5. The van der Waals surface area contributed by atoms with Crippen molar-refractivity contribution in [3.05, 3.63) is 70.3 Å². The Labute approximate surface area is 150 Å². The first-order chi connectivity index (χ1) is 11.6. The van der Waals surface area contributed by atoms with E-state index in [1.165, 1.54) is 5.56 Å². The molecular weight excluding hydrogens is 345 g/mol. The lowest BCUT2D eigenvalue weighted by Crippen LogP contribution is -2.18. The van der Waals surface area contributed by atoms with Gasteiger partial charge in [-0.05, 0) is 23.8 Å². The van der Waals surface area contributed by atoms with Crippen molar-refractivity contribution in [1.29, 1.82) is 0 Å². The van der Waals surface area contributed by atoms with Crippen molar-refractivity contribution < 1.29 is 0 Å². The molecule has 3 rings (SSSR count). The van der Waals surface area contributed by atoms with E-state index in [1.807, 2.05) is 30.1 Å². The molecule has 0 aliphatic carbocycles. The fourth-order valence-corrected chi connectivity index (χ4v) is 2.47. The molecule has 0 bridgehead atoms. The van der Waals surface area contributed by atoms with Gasteiger partial charge in [0.2, 0.25) is 5.95 Å². The first kappa shape index (κ1) is 16.5. The van der Waals surface area contributed by atoms with Crippen LogP contribution in [0.5, 0.6) is 0 Å². The second-order valence-electron chi connectivity index (χ2n) is 5.23. The van der Waals surface area contributed by atoms with Crippen LogP contribution in [0.25, 0.3) is 0 Å². The van der Waals surface area contributed by atoms with Crippen molar-refractivity contribution in [3.8, 4) is 0 Å². The summed E-state index contributed by atoms with van der Waals surface area (Å²) in [7, 11) is 1.96. The van der Waals surface area contributed by atoms with Crippen LogP contribution in [0.1, 0.15) is 5.56 Å². The topological polar surface area (TPSA) is 53.9 Å². The standard InChI is InChI=1S/C17H15Cl2N5/c1-24(11-12-5-3-2-4-6-12)16-10-20-23-17(22-16)21-13-7-8-14(18)15(19)9-13/h2-10H,11H2,1H3,(H,21,22,23). The Morgan fingerprint density at radius 1 is 1.04 bits per heavy atom. The molecule has 0 fully saturated rings. The first-order valence-corrected chi connectivity index (χ1v) is 8.04. The van der Waals surface area contributed by atoms with Crippen LogP contribution in [0.2, 0.25) is 10.0 Å². The zero-order valence-corrected chi connectivity index (χ0v) is 14.5. The summed E-state index contributed by atoms with van der Waals surface area (Å²) in [5.41, 5.74) is 1.94. The summed E-state index contributed by atoms with van der Waals surface area (Å²) in [6, 6.07) is 15.4. The summed E-state index contributed by atoms with van der Waals surface area (Å²) < 4.78 is 0. The highest BCUT2D eigenvalue weighted by molar-refractivity contribution is 6.42. The van der Waals surface area contributed by atoms with Gasteiger partial charge in [0.15, 0.2) is 5.82 Å². The van der Waals surface area contributed by atoms with Gasteiger partial charge in [0.25, 0.3) is 0 Å². The molecular formula is C17H15Cl2N5. The number of aromatic nitrogens is 3. The fourth-order valence-electron chi connectivity index (χ4n) is 2.17. The third-order valence-electron chi connectivity index (χ3n) is 3.38. The van der Waals surface area contributed by atoms with Crippen LogP contribution in [0.4, 0.5) is 17.5 Å². The molecule has 1 heterocycles. The second-order valence-corrected chi connectivity index (χ2v) is 6.05. The van der Waals surface area contributed by atoms with Crippen LogP contribution >= 0.6 is 23.2 Å². The van der Waals surface area contributed by atoms with Gasteiger partial charge in [0, 0.05) is 19.3 Å². The Morgan fingerprint density at radius 2 is 1.83 bits per heavy atom. The molecule has 122 valence electrons. The van der Waals surface area contributed by atoms with E-state index in [2.05, 4.69) is 32.6 Å². The fraction of sp³-hybridized carbons (Fsp3) is 0.118. The lowest BCUT2D eigenvalue weighted by Gasteiger charge is -2.18. The Kier molecular flexibility index (Phi) is 5.13. The van der Waals surface area contributed by atoms with Gasteiger partial charge < -0.3 is 10.2 Å². The maximum absolute atomic E-state index is 6.02. The van der Waals surface area contributed by atoms with Crippen molar-refractivity contribution in [2.45, 2.75) is 6.54 Å². The highest BCUT2D eigenvalue weighted by Crippen LogP contribution is 2.26. The van der Waals surface area contributed by atoms with E-state index in [0.29, 0.717) is 16.0 Å². The zero-order valence-electron chi connectivity index (χ0n) is 12.9. The largest absolute Gasteiger partial charge is 0.354 e. The molecule has 5 nitrogen and oxygen atoms in total. The smallest absolute Gasteiger partial charge is 0.249 e. The number of hydrogen-bond acceptors (Lipinski definition) is 5. The predicted octanol–water partition coefficient (Wildman–Crippen LogP) is 4.56. The van der Waals surface area contributed by atoms with Gasteiger partial charge in [0.05, 0.1) is 16.2 Å². The van der Waals surface area contributed by atoms with E-state index < -0.39 is 0 Å². The molecule has 7 heteroatoms. The van der Waals surface area contributed by atoms with Crippen molar-refractivity contribution in [1.82, 2.24) is 15.2 Å². The predicted molar refractivity (Wildman–Crippen MR) is 98.1 cm³/mol. The Balaban J connectivity index is 1.74. The third-order valence-corrected chi connectivity index (χ3v) is 4.11. The van der Waals surface area contributed by atoms with Gasteiger partial charge in [-0.25, -0.2) is 0 Å². The maximum Gasteiger partial charge on any atom is 0.249 e. The number of hydrogen-bond donors (Lipinski definition) is 1. The minimum Gasteiger partial charge on any atom is -0.354 e. The van der Waals surface area contributed by atoms with Crippen LogP contribution in [-0.2, 0) is 6.54 Å². The molecule has 24 heavy (non-hydrogen) atoms. The summed E-state index contributed by atoms with van der Waals surface area (Å²) in [6.45, 7) is 0.728. The van der Waals surface area contributed by atoms with Gasteiger partial charge >= 0.3 is 0 Å². The summed E-state index contributed by atoms with van der Waals surface area (Å²) in [5.74, 6) is 1.11. The molecule has 1 N–H and O–H groups in total. The van der Waals surface area contributed by atoms with Gasteiger partial charge in [-0.2, -0.15) is 10.1 Å². The van der Waals surface area contributed by atoms with Crippen molar-refractivity contribution >= 4 is 40.7 Å². The molecule has 0 spiro atoms. The normalized spacial score (nSPS) is 10.5. The van der Waals surface area contributed by atoms with Gasteiger partial charge in [0.1, 0.15) is 0 Å². The summed E-state index contributed by atoms with van der Waals surface area (Å²) in [4.78, 5) is 6.49. The highest BCUT2D eigenvalue weighted by atomic mass is 35.5. The van der Waals surface area contributed by atoms with Crippen LogP contribution in [0.15, 0.2) is 54.7 Å². The number of nitrogens with zero attached hydrogens (tertiary/aromatic N) is 4. The molecule has 0 atom stereocenters. The summed E-state index contributed by atoms with van der Waals surface area (Å²) in [6.07, 6.45) is 1.63. The van der Waals surface area contributed by atoms with Crippen molar-refractivity contribution in [3.63, 3.8) is 0 Å². The number of nitrogens with one attached hydrogen (secondary N) is 1. The van der Waals surface area contributed by atoms with E-state index in [9.17, 15) is 0 Å². The molecule has 0 aliphatic heterocycles. The van der Waals surface area contributed by atoms with E-state index in [4.69, 9.17) is 23.2 Å². The van der Waals surface area contributed by atoms with E-state index in [-0.39, 0.29) is 0 Å². The molecule has 2 aromatic carbocycles. The van der Waals surface area contributed by atoms with Crippen LogP contribution in [0.3, 0.4) is 0 Å². The molecule has 0 radical (unpaired) electrons. The Morgan fingerprint density at radius 3 is 2.58 bits per heavy atom. The molecule has 0 amide bonds. The molecule has 0 saturated carbocycles. The monoisotopic (exact) mass is 359 g/mol. The molecule has 3 aromatic rings. The lowest BCUT2D eigenvalue weighted by molar-refractivity contribution is 0.866. The second kappa shape index (κ2) is 7.47. The highest BCUT2D eigenvalue weighted by Gasteiger charge is 2.07. The number of benzene rings is 2. The van der Waals surface area contributed by atoms with E-state index in [0.717, 1.165) is 18.1 Å². The Hall–Kier alpha value is -2.37. The first-order valence-electron chi connectivity index (χ1n) is 7.28. The summed E-state index contributed by atoms with van der Waals surface area (Å²) in [5, 5.41) is 12.0.